The highest BCUT2D eigenvalue weighted by atomic mass is 16.5. The van der Waals surface area contributed by atoms with Crippen LogP contribution in [0.5, 0.6) is 11.5 Å². The summed E-state index contributed by atoms with van der Waals surface area (Å²) in [4.78, 5) is 19.9. The molecule has 2 aromatic carbocycles. The molecule has 0 aliphatic heterocycles. The number of aromatic nitrogens is 3. The van der Waals surface area contributed by atoms with E-state index in [9.17, 15) is 4.79 Å². The fraction of sp³-hybridized carbons (Fsp3) is 0.136. The van der Waals surface area contributed by atoms with E-state index in [2.05, 4.69) is 15.3 Å². The van der Waals surface area contributed by atoms with Crippen LogP contribution in [0.3, 0.4) is 0 Å². The van der Waals surface area contributed by atoms with Crippen LogP contribution >= 0.6 is 0 Å². The average Bonchev–Trinajstić information content (AvgIpc) is 3.22. The van der Waals surface area contributed by atoms with Crippen LogP contribution < -0.4 is 14.8 Å². The lowest BCUT2D eigenvalue weighted by atomic mass is 10.1. The fourth-order valence-electron chi connectivity index (χ4n) is 3.20. The number of fused-ring (bicyclic) bond motifs is 1. The summed E-state index contributed by atoms with van der Waals surface area (Å²) >= 11 is 0. The maximum Gasteiger partial charge on any atom is 0.335 e. The lowest BCUT2D eigenvalue weighted by molar-refractivity contribution is 0.0697. The van der Waals surface area contributed by atoms with E-state index >= 15 is 0 Å². The van der Waals surface area contributed by atoms with Crippen LogP contribution in [0.25, 0.3) is 16.9 Å². The van der Waals surface area contributed by atoms with Crippen LogP contribution in [-0.4, -0.2) is 39.7 Å². The van der Waals surface area contributed by atoms with Gasteiger partial charge in [0.2, 0.25) is 0 Å². The van der Waals surface area contributed by atoms with Crippen molar-refractivity contribution in [3.8, 4) is 22.8 Å². The van der Waals surface area contributed by atoms with Crippen molar-refractivity contribution in [1.82, 2.24) is 14.4 Å². The maximum atomic E-state index is 11.0. The van der Waals surface area contributed by atoms with Gasteiger partial charge >= 0.3 is 5.97 Å². The number of nitrogens with one attached hydrogen (secondary N) is 1. The van der Waals surface area contributed by atoms with Crippen LogP contribution in [0.15, 0.2) is 61.1 Å². The molecule has 4 aromatic rings. The topological polar surface area (TPSA) is 98.0 Å². The van der Waals surface area contributed by atoms with Crippen molar-refractivity contribution in [2.24, 2.45) is 0 Å². The van der Waals surface area contributed by atoms with Gasteiger partial charge in [0, 0.05) is 24.5 Å². The number of carboxylic acid groups (broad SMARTS) is 1. The summed E-state index contributed by atoms with van der Waals surface area (Å²) in [5.41, 5.74) is 3.70. The zero-order valence-electron chi connectivity index (χ0n) is 16.5. The van der Waals surface area contributed by atoms with Gasteiger partial charge < -0.3 is 19.9 Å². The monoisotopic (exact) mass is 404 g/mol. The molecule has 0 aliphatic carbocycles. The van der Waals surface area contributed by atoms with Gasteiger partial charge in [0.25, 0.3) is 0 Å². The Labute approximate surface area is 172 Å². The van der Waals surface area contributed by atoms with E-state index < -0.39 is 5.97 Å². The number of benzene rings is 2. The predicted molar refractivity (Wildman–Crippen MR) is 112 cm³/mol. The second kappa shape index (κ2) is 8.12. The molecule has 8 nitrogen and oxygen atoms in total. The Morgan fingerprint density at radius 1 is 1.07 bits per heavy atom. The van der Waals surface area contributed by atoms with E-state index in [1.807, 2.05) is 28.8 Å². The van der Waals surface area contributed by atoms with E-state index in [1.165, 1.54) is 0 Å². The summed E-state index contributed by atoms with van der Waals surface area (Å²) in [6.45, 7) is 0.491. The summed E-state index contributed by atoms with van der Waals surface area (Å²) in [7, 11) is 3.20. The van der Waals surface area contributed by atoms with E-state index in [0.717, 1.165) is 16.8 Å². The van der Waals surface area contributed by atoms with Gasteiger partial charge in [-0.3, -0.25) is 4.40 Å². The van der Waals surface area contributed by atoms with Crippen LogP contribution in [0.1, 0.15) is 15.9 Å². The Kier molecular flexibility index (Phi) is 5.21. The Balaban J connectivity index is 1.61. The van der Waals surface area contributed by atoms with Crippen LogP contribution in [0.2, 0.25) is 0 Å². The summed E-state index contributed by atoms with van der Waals surface area (Å²) < 4.78 is 12.7. The molecular weight excluding hydrogens is 384 g/mol. The van der Waals surface area contributed by atoms with Gasteiger partial charge in [0.05, 0.1) is 31.7 Å². The number of methoxy groups -OCH3 is 2. The fourth-order valence-corrected chi connectivity index (χ4v) is 3.20. The standard InChI is InChI=1S/C22H20N4O4/c1-29-18-8-7-16(11-19(18)30-2)17-13-25-21-20(23-9-10-26(17)21)24-12-14-3-5-15(6-4-14)22(27)28/h3-11,13H,12H2,1-2H3,(H,23,24)(H,27,28). The Hall–Kier alpha value is -4.07. The summed E-state index contributed by atoms with van der Waals surface area (Å²) in [5, 5.41) is 12.3. The molecule has 8 heteroatoms. The van der Waals surface area contributed by atoms with E-state index in [4.69, 9.17) is 14.6 Å². The van der Waals surface area contributed by atoms with E-state index in [0.29, 0.717) is 29.5 Å². The summed E-state index contributed by atoms with van der Waals surface area (Å²) in [5.74, 6) is 0.989. The lowest BCUT2D eigenvalue weighted by Gasteiger charge is -2.10. The van der Waals surface area contributed by atoms with Gasteiger partial charge in [-0.2, -0.15) is 0 Å². The minimum Gasteiger partial charge on any atom is -0.493 e. The van der Waals surface area contributed by atoms with Crippen molar-refractivity contribution in [1.29, 1.82) is 0 Å². The van der Waals surface area contributed by atoms with Crippen molar-refractivity contribution in [3.05, 3.63) is 72.2 Å². The number of ether oxygens (including phenoxy) is 2. The van der Waals surface area contributed by atoms with Crippen molar-refractivity contribution >= 4 is 17.4 Å². The molecule has 0 aliphatic rings. The first-order valence-electron chi connectivity index (χ1n) is 9.21. The Morgan fingerprint density at radius 3 is 2.53 bits per heavy atom. The van der Waals surface area contributed by atoms with Gasteiger partial charge in [0.1, 0.15) is 0 Å². The Morgan fingerprint density at radius 2 is 1.83 bits per heavy atom. The number of hydrogen-bond acceptors (Lipinski definition) is 6. The molecule has 0 radical (unpaired) electrons. The molecule has 0 unspecified atom stereocenters. The third-order valence-corrected chi connectivity index (χ3v) is 4.77. The molecule has 2 heterocycles. The smallest absolute Gasteiger partial charge is 0.335 e. The van der Waals surface area contributed by atoms with E-state index in [-0.39, 0.29) is 5.56 Å². The van der Waals surface area contributed by atoms with Crippen molar-refractivity contribution in [2.45, 2.75) is 6.54 Å². The molecule has 0 atom stereocenters. The molecule has 0 spiro atoms. The average molecular weight is 404 g/mol. The number of carboxylic acids is 1. The number of imidazole rings is 1. The zero-order valence-corrected chi connectivity index (χ0v) is 16.5. The highest BCUT2D eigenvalue weighted by Gasteiger charge is 2.13. The molecule has 2 N–H and O–H groups in total. The van der Waals surface area contributed by atoms with Crippen molar-refractivity contribution < 1.29 is 19.4 Å². The maximum absolute atomic E-state index is 11.0. The largest absolute Gasteiger partial charge is 0.493 e. The third kappa shape index (κ3) is 3.62. The number of aromatic carboxylic acids is 1. The molecule has 0 saturated heterocycles. The van der Waals surface area contributed by atoms with Gasteiger partial charge in [-0.25, -0.2) is 14.8 Å². The van der Waals surface area contributed by atoms with Gasteiger partial charge in [-0.15, -0.1) is 0 Å². The first kappa shape index (κ1) is 19.3. The lowest BCUT2D eigenvalue weighted by Crippen LogP contribution is -2.04. The van der Waals surface area contributed by atoms with Gasteiger partial charge in [-0.1, -0.05) is 12.1 Å². The zero-order chi connectivity index (χ0) is 21.1. The van der Waals surface area contributed by atoms with Crippen molar-refractivity contribution in [2.75, 3.05) is 19.5 Å². The molecular formula is C22H20N4O4. The second-order valence-electron chi connectivity index (χ2n) is 6.54. The van der Waals surface area contributed by atoms with Crippen LogP contribution in [0.4, 0.5) is 5.82 Å². The number of nitrogens with zero attached hydrogens (tertiary/aromatic N) is 3. The van der Waals surface area contributed by atoms with Crippen molar-refractivity contribution in [3.63, 3.8) is 0 Å². The number of rotatable bonds is 7. The molecule has 4 rings (SSSR count). The first-order valence-corrected chi connectivity index (χ1v) is 9.21. The van der Waals surface area contributed by atoms with Gasteiger partial charge in [0.15, 0.2) is 23.0 Å². The summed E-state index contributed by atoms with van der Waals surface area (Å²) in [6, 6.07) is 12.4. The molecule has 2 aromatic heterocycles. The molecule has 0 saturated carbocycles. The number of anilines is 1. The highest BCUT2D eigenvalue weighted by Crippen LogP contribution is 2.33. The predicted octanol–water partition coefficient (Wildman–Crippen LogP) is 3.72. The minimum absolute atomic E-state index is 0.256. The van der Waals surface area contributed by atoms with Crippen LogP contribution in [-0.2, 0) is 6.54 Å². The quantitative estimate of drug-likeness (QED) is 0.484. The second-order valence-corrected chi connectivity index (χ2v) is 6.54. The molecule has 30 heavy (non-hydrogen) atoms. The molecule has 0 fully saturated rings. The van der Waals surface area contributed by atoms with E-state index in [1.54, 1.807) is 50.9 Å². The third-order valence-electron chi connectivity index (χ3n) is 4.77. The SMILES string of the molecule is COc1ccc(-c2cnc3c(NCc4ccc(C(=O)O)cc4)nccn23)cc1OC. The van der Waals surface area contributed by atoms with Crippen LogP contribution in [0, 0.1) is 0 Å². The number of carbonyl (C=O) groups is 1. The van der Waals surface area contributed by atoms with Gasteiger partial charge in [-0.05, 0) is 35.9 Å². The molecule has 0 amide bonds. The summed E-state index contributed by atoms with van der Waals surface area (Å²) in [6.07, 6.45) is 5.33. The molecule has 152 valence electrons. The minimum atomic E-state index is -0.943. The normalized spacial score (nSPS) is 10.7. The highest BCUT2D eigenvalue weighted by molar-refractivity contribution is 5.87. The Bertz CT molecular complexity index is 1200. The first-order chi connectivity index (χ1) is 14.6. The number of hydrogen-bond donors (Lipinski definition) is 2. The molecule has 0 bridgehead atoms.